The number of rotatable bonds is 6. The van der Waals surface area contributed by atoms with Gasteiger partial charge in [0, 0.05) is 10.7 Å². The molecule has 4 rings (SSSR count). The molecule has 0 aliphatic heterocycles. The van der Waals surface area contributed by atoms with Crippen molar-refractivity contribution in [1.29, 1.82) is 5.26 Å². The molecule has 0 saturated heterocycles. The number of halogens is 2. The highest BCUT2D eigenvalue weighted by Gasteiger charge is 2.12. The third-order valence-electron chi connectivity index (χ3n) is 5.36. The van der Waals surface area contributed by atoms with Gasteiger partial charge >= 0.3 is 0 Å². The van der Waals surface area contributed by atoms with Crippen LogP contribution in [-0.2, 0) is 11.4 Å². The molecular weight excluding hydrogens is 512 g/mol. The molecule has 0 aromatic heterocycles. The lowest BCUT2D eigenvalue weighted by molar-refractivity contribution is -0.112. The highest BCUT2D eigenvalue weighted by molar-refractivity contribution is 9.10. The Bertz CT molecular complexity index is 1460. The summed E-state index contributed by atoms with van der Waals surface area (Å²) in [7, 11) is 0. The number of hydrogen-bond donors (Lipinski definition) is 1. The predicted octanol–water partition coefficient (Wildman–Crippen LogP) is 7.69. The van der Waals surface area contributed by atoms with Crippen molar-refractivity contribution < 1.29 is 9.53 Å². The Hall–Kier alpha value is -3.59. The van der Waals surface area contributed by atoms with Crippen LogP contribution in [0.3, 0.4) is 0 Å². The summed E-state index contributed by atoms with van der Waals surface area (Å²) in [6.07, 6.45) is 1.53. The Morgan fingerprint density at radius 3 is 2.62 bits per heavy atom. The van der Waals surface area contributed by atoms with E-state index in [2.05, 4.69) is 45.5 Å². The van der Waals surface area contributed by atoms with Crippen molar-refractivity contribution in [3.05, 3.63) is 111 Å². The van der Waals surface area contributed by atoms with E-state index in [0.29, 0.717) is 28.6 Å². The van der Waals surface area contributed by atoms with Crippen LogP contribution in [0.25, 0.3) is 16.8 Å². The number of carbonyl (C=O) groups is 1. The molecule has 0 aliphatic carbocycles. The molecule has 4 aromatic rings. The highest BCUT2D eigenvalue weighted by Crippen LogP contribution is 2.29. The number of fused-ring (bicyclic) bond motifs is 1. The first kappa shape index (κ1) is 23.6. The molecule has 4 aromatic carbocycles. The van der Waals surface area contributed by atoms with Gasteiger partial charge in [-0.25, -0.2) is 0 Å². The third-order valence-corrected chi connectivity index (χ3v) is 6.39. The fourth-order valence-corrected chi connectivity index (χ4v) is 4.15. The molecule has 0 spiro atoms. The lowest BCUT2D eigenvalue weighted by atomic mass is 10.1. The molecule has 4 nitrogen and oxygen atoms in total. The molecule has 0 bridgehead atoms. The smallest absolute Gasteiger partial charge is 0.266 e. The van der Waals surface area contributed by atoms with Crippen molar-refractivity contribution in [2.24, 2.45) is 0 Å². The molecule has 0 unspecified atom stereocenters. The van der Waals surface area contributed by atoms with Crippen molar-refractivity contribution in [2.45, 2.75) is 13.5 Å². The molecule has 0 aliphatic rings. The molecule has 1 amide bonds. The summed E-state index contributed by atoms with van der Waals surface area (Å²) in [6.45, 7) is 2.23. The molecular formula is C28H20BrClN2O2. The van der Waals surface area contributed by atoms with E-state index < -0.39 is 5.91 Å². The standard InChI is InChI=1S/C28H20BrClN2O2/c1-18-25(30)7-4-8-26(18)32-28(33)23(16-31)13-19-10-12-27(24(29)15-19)34-17-20-9-11-21-5-2-3-6-22(21)14-20/h2-15H,17H2,1H3,(H,32,33)/b23-13-. The molecule has 0 heterocycles. The Labute approximate surface area is 211 Å². The van der Waals surface area contributed by atoms with Crippen LogP contribution < -0.4 is 10.1 Å². The number of hydrogen-bond acceptors (Lipinski definition) is 3. The van der Waals surface area contributed by atoms with E-state index in [-0.39, 0.29) is 5.57 Å². The van der Waals surface area contributed by atoms with Crippen molar-refractivity contribution >= 4 is 56.0 Å². The van der Waals surface area contributed by atoms with Gasteiger partial charge in [0.1, 0.15) is 24.0 Å². The molecule has 34 heavy (non-hydrogen) atoms. The molecule has 1 N–H and O–H groups in total. The number of nitriles is 1. The van der Waals surface area contributed by atoms with Crippen LogP contribution in [0.5, 0.6) is 5.75 Å². The normalized spacial score (nSPS) is 11.2. The molecule has 0 radical (unpaired) electrons. The van der Waals surface area contributed by atoms with E-state index >= 15 is 0 Å². The zero-order valence-corrected chi connectivity index (χ0v) is 20.7. The van der Waals surface area contributed by atoms with E-state index in [1.165, 1.54) is 16.8 Å². The van der Waals surface area contributed by atoms with Crippen LogP contribution in [0, 0.1) is 18.3 Å². The summed E-state index contributed by atoms with van der Waals surface area (Å²) in [4.78, 5) is 12.6. The third kappa shape index (κ3) is 5.48. The predicted molar refractivity (Wildman–Crippen MR) is 141 cm³/mol. The van der Waals surface area contributed by atoms with Crippen molar-refractivity contribution in [1.82, 2.24) is 0 Å². The van der Waals surface area contributed by atoms with Crippen LogP contribution in [0.2, 0.25) is 5.02 Å². The van der Waals surface area contributed by atoms with Gasteiger partial charge in [-0.2, -0.15) is 5.26 Å². The van der Waals surface area contributed by atoms with E-state index in [1.54, 1.807) is 24.3 Å². The maximum Gasteiger partial charge on any atom is 0.266 e. The Balaban J connectivity index is 1.47. The Morgan fingerprint density at radius 1 is 1.06 bits per heavy atom. The Kier molecular flexibility index (Phi) is 7.32. The molecule has 6 heteroatoms. The minimum absolute atomic E-state index is 0.0175. The number of nitrogens with one attached hydrogen (secondary N) is 1. The molecule has 168 valence electrons. The average molecular weight is 532 g/mol. The average Bonchev–Trinajstić information content (AvgIpc) is 2.84. The van der Waals surface area contributed by atoms with Gasteiger partial charge in [0.15, 0.2) is 0 Å². The minimum atomic E-state index is -0.499. The first-order valence-electron chi connectivity index (χ1n) is 10.5. The van der Waals surface area contributed by atoms with Crippen molar-refractivity contribution in [2.75, 3.05) is 5.32 Å². The lowest BCUT2D eigenvalue weighted by Gasteiger charge is -2.10. The maximum atomic E-state index is 12.6. The van der Waals surface area contributed by atoms with Gasteiger partial charge < -0.3 is 10.1 Å². The maximum absolute atomic E-state index is 12.6. The summed E-state index contributed by atoms with van der Waals surface area (Å²) in [6, 6.07) is 27.1. The summed E-state index contributed by atoms with van der Waals surface area (Å²) >= 11 is 9.64. The second kappa shape index (κ2) is 10.6. The summed E-state index contributed by atoms with van der Waals surface area (Å²) in [5.74, 6) is 0.170. The zero-order chi connectivity index (χ0) is 24.1. The number of anilines is 1. The topological polar surface area (TPSA) is 62.1 Å². The second-order valence-corrected chi connectivity index (χ2v) is 8.96. The van der Waals surface area contributed by atoms with Crippen molar-refractivity contribution in [3.8, 4) is 11.8 Å². The van der Waals surface area contributed by atoms with Crippen LogP contribution in [0.4, 0.5) is 5.69 Å². The van der Waals surface area contributed by atoms with Gasteiger partial charge in [-0.15, -0.1) is 0 Å². The first-order chi connectivity index (χ1) is 16.4. The van der Waals surface area contributed by atoms with Crippen LogP contribution in [0.15, 0.2) is 88.9 Å². The van der Waals surface area contributed by atoms with Gasteiger partial charge in [0.25, 0.3) is 5.91 Å². The van der Waals surface area contributed by atoms with Gasteiger partial charge in [0.05, 0.1) is 4.47 Å². The number of benzene rings is 4. The van der Waals surface area contributed by atoms with E-state index in [1.807, 2.05) is 43.3 Å². The number of carbonyl (C=O) groups excluding carboxylic acids is 1. The number of nitrogens with zero attached hydrogens (tertiary/aromatic N) is 1. The SMILES string of the molecule is Cc1c(Cl)cccc1NC(=O)/C(C#N)=C\c1ccc(OCc2ccc3ccccc3c2)c(Br)c1. The fraction of sp³-hybridized carbons (Fsp3) is 0.0714. The molecule has 0 saturated carbocycles. The highest BCUT2D eigenvalue weighted by atomic mass is 79.9. The quantitative estimate of drug-likeness (QED) is 0.205. The second-order valence-electron chi connectivity index (χ2n) is 7.70. The lowest BCUT2D eigenvalue weighted by Crippen LogP contribution is -2.14. The van der Waals surface area contributed by atoms with Gasteiger partial charge in [0.2, 0.25) is 0 Å². The van der Waals surface area contributed by atoms with Gasteiger partial charge in [-0.3, -0.25) is 4.79 Å². The summed E-state index contributed by atoms with van der Waals surface area (Å²) in [5.41, 5.74) is 3.05. The number of amides is 1. The van der Waals surface area contributed by atoms with Crippen LogP contribution >= 0.6 is 27.5 Å². The van der Waals surface area contributed by atoms with E-state index in [0.717, 1.165) is 15.6 Å². The van der Waals surface area contributed by atoms with Gasteiger partial charge in [-0.1, -0.05) is 60.1 Å². The molecule has 0 fully saturated rings. The van der Waals surface area contributed by atoms with Crippen molar-refractivity contribution in [3.63, 3.8) is 0 Å². The fourth-order valence-electron chi connectivity index (χ4n) is 3.46. The largest absolute Gasteiger partial charge is 0.488 e. The zero-order valence-electron chi connectivity index (χ0n) is 18.3. The summed E-state index contributed by atoms with van der Waals surface area (Å²) in [5, 5.41) is 15.2. The molecule has 0 atom stereocenters. The van der Waals surface area contributed by atoms with E-state index in [4.69, 9.17) is 16.3 Å². The monoisotopic (exact) mass is 530 g/mol. The van der Waals surface area contributed by atoms with Crippen LogP contribution in [-0.4, -0.2) is 5.91 Å². The summed E-state index contributed by atoms with van der Waals surface area (Å²) < 4.78 is 6.71. The Morgan fingerprint density at radius 2 is 1.85 bits per heavy atom. The minimum Gasteiger partial charge on any atom is -0.488 e. The number of ether oxygens (including phenoxy) is 1. The van der Waals surface area contributed by atoms with E-state index in [9.17, 15) is 10.1 Å². The van der Waals surface area contributed by atoms with Gasteiger partial charge in [-0.05, 0) is 86.7 Å². The first-order valence-corrected chi connectivity index (χ1v) is 11.7. The van der Waals surface area contributed by atoms with Crippen LogP contribution in [0.1, 0.15) is 16.7 Å².